The lowest BCUT2D eigenvalue weighted by molar-refractivity contribution is -0.138. The maximum Gasteiger partial charge on any atom is 0.417 e. The molecule has 2 unspecified atom stereocenters. The SMILES string of the molecule is COc1nc(C2=CCC(C)(CNC(=O)CN3C(=O)C(NC(C)C)=NCC3(C)c3cc(N)cc(C(F)(F)F)c3)C=C2)no1. The molecule has 14 heteroatoms. The number of aliphatic imine (C=N–C) groups is 1. The van der Waals surface area contributed by atoms with Gasteiger partial charge in [0.15, 0.2) is 5.84 Å². The number of nitrogen functional groups attached to an aromatic ring is 1. The van der Waals surface area contributed by atoms with Gasteiger partial charge in [-0.15, -0.1) is 0 Å². The van der Waals surface area contributed by atoms with Gasteiger partial charge in [0.05, 0.1) is 24.8 Å². The summed E-state index contributed by atoms with van der Waals surface area (Å²) in [5.41, 5.74) is 3.81. The Morgan fingerprint density at radius 2 is 2.00 bits per heavy atom. The van der Waals surface area contributed by atoms with Gasteiger partial charge >= 0.3 is 12.3 Å². The Morgan fingerprint density at radius 1 is 1.26 bits per heavy atom. The van der Waals surface area contributed by atoms with Crippen LogP contribution in [0.25, 0.3) is 5.57 Å². The van der Waals surface area contributed by atoms with Crippen LogP contribution in [0, 0.1) is 5.41 Å². The van der Waals surface area contributed by atoms with Crippen molar-refractivity contribution in [2.24, 2.45) is 10.4 Å². The first kappa shape index (κ1) is 30.6. The zero-order valence-electron chi connectivity index (χ0n) is 24.0. The number of amidine groups is 1. The largest absolute Gasteiger partial charge is 0.452 e. The molecule has 0 radical (unpaired) electrons. The summed E-state index contributed by atoms with van der Waals surface area (Å²) >= 11 is 0. The molecule has 42 heavy (non-hydrogen) atoms. The average molecular weight is 590 g/mol. The van der Waals surface area contributed by atoms with Crippen molar-refractivity contribution in [1.82, 2.24) is 25.7 Å². The molecule has 2 heterocycles. The molecule has 0 spiro atoms. The third kappa shape index (κ3) is 6.58. The highest BCUT2D eigenvalue weighted by Gasteiger charge is 2.44. The first-order valence-corrected chi connectivity index (χ1v) is 13.3. The molecule has 1 aromatic heterocycles. The van der Waals surface area contributed by atoms with E-state index >= 15 is 0 Å². The molecule has 1 aliphatic heterocycles. The van der Waals surface area contributed by atoms with Gasteiger partial charge in [-0.05, 0) is 51.0 Å². The van der Waals surface area contributed by atoms with E-state index in [2.05, 4.69) is 25.8 Å². The number of carbonyl (C=O) groups excluding carboxylic acids is 2. The second-order valence-electron chi connectivity index (χ2n) is 11.2. The Balaban J connectivity index is 1.53. The van der Waals surface area contributed by atoms with E-state index in [-0.39, 0.29) is 42.3 Å². The van der Waals surface area contributed by atoms with E-state index in [1.54, 1.807) is 6.92 Å². The van der Waals surface area contributed by atoms with Crippen molar-refractivity contribution < 1.29 is 32.0 Å². The highest BCUT2D eigenvalue weighted by molar-refractivity contribution is 6.38. The van der Waals surface area contributed by atoms with Crippen molar-refractivity contribution in [1.29, 1.82) is 0 Å². The molecule has 0 saturated heterocycles. The standard InChI is InChI=1S/C28H34F3N7O4/c1-16(2)35-23-24(40)38(27(4,15-34-23)18-10-19(28(29,30)31)12-20(32)11-18)13-21(39)33-14-26(3)8-6-17(7-9-26)22-36-25(41-5)42-37-22/h6-8,10-12,16H,9,13-15,32H2,1-5H3,(H,33,39)(H,34,35). The van der Waals surface area contributed by atoms with E-state index in [1.807, 2.05) is 39.0 Å². The van der Waals surface area contributed by atoms with Gasteiger partial charge < -0.3 is 26.0 Å². The van der Waals surface area contributed by atoms with E-state index < -0.39 is 41.1 Å². The van der Waals surface area contributed by atoms with Crippen LogP contribution in [0.5, 0.6) is 6.08 Å². The molecule has 0 saturated carbocycles. The number of nitrogens with one attached hydrogen (secondary N) is 2. The molecule has 2 aliphatic rings. The lowest BCUT2D eigenvalue weighted by Crippen LogP contribution is -2.60. The molecular weight excluding hydrogens is 555 g/mol. The van der Waals surface area contributed by atoms with Crippen LogP contribution in [0.1, 0.15) is 51.1 Å². The van der Waals surface area contributed by atoms with Crippen LogP contribution in [0.2, 0.25) is 0 Å². The molecule has 2 aromatic rings. The number of aromatic nitrogens is 2. The molecule has 2 amide bonds. The minimum Gasteiger partial charge on any atom is -0.452 e. The number of amides is 2. The number of rotatable bonds is 8. The molecule has 11 nitrogen and oxygen atoms in total. The molecule has 1 aromatic carbocycles. The number of nitrogens with two attached hydrogens (primary N) is 1. The maximum atomic E-state index is 13.6. The number of hydrogen-bond acceptors (Lipinski definition) is 9. The van der Waals surface area contributed by atoms with Gasteiger partial charge in [-0.25, -0.2) is 0 Å². The van der Waals surface area contributed by atoms with Crippen LogP contribution < -0.4 is 21.1 Å². The van der Waals surface area contributed by atoms with Crippen LogP contribution in [0.15, 0.2) is 45.9 Å². The number of methoxy groups -OCH3 is 1. The molecule has 4 rings (SSSR count). The van der Waals surface area contributed by atoms with Crippen molar-refractivity contribution in [2.45, 2.75) is 51.9 Å². The fourth-order valence-corrected chi connectivity index (χ4v) is 4.72. The van der Waals surface area contributed by atoms with Gasteiger partial charge in [0.1, 0.15) is 6.54 Å². The van der Waals surface area contributed by atoms with Gasteiger partial charge in [0.2, 0.25) is 11.7 Å². The molecule has 226 valence electrons. The third-order valence-electron chi connectivity index (χ3n) is 7.20. The smallest absolute Gasteiger partial charge is 0.417 e. The van der Waals surface area contributed by atoms with Crippen molar-refractivity contribution >= 4 is 28.9 Å². The van der Waals surface area contributed by atoms with E-state index in [4.69, 9.17) is 15.0 Å². The fourth-order valence-electron chi connectivity index (χ4n) is 4.72. The van der Waals surface area contributed by atoms with Crippen LogP contribution >= 0.6 is 0 Å². The van der Waals surface area contributed by atoms with Gasteiger partial charge in [-0.1, -0.05) is 30.3 Å². The number of hydrogen-bond donors (Lipinski definition) is 3. The Kier molecular flexibility index (Phi) is 8.37. The van der Waals surface area contributed by atoms with Gasteiger partial charge in [0, 0.05) is 29.3 Å². The highest BCUT2D eigenvalue weighted by atomic mass is 19.4. The molecule has 1 aliphatic carbocycles. The van der Waals surface area contributed by atoms with E-state index in [9.17, 15) is 22.8 Å². The monoisotopic (exact) mass is 589 g/mol. The summed E-state index contributed by atoms with van der Waals surface area (Å²) in [5.74, 6) is -0.670. The summed E-state index contributed by atoms with van der Waals surface area (Å²) in [7, 11) is 1.42. The third-order valence-corrected chi connectivity index (χ3v) is 7.20. The van der Waals surface area contributed by atoms with Gasteiger partial charge in [0.25, 0.3) is 5.91 Å². The number of carbonyl (C=O) groups is 2. The summed E-state index contributed by atoms with van der Waals surface area (Å²) in [4.78, 5) is 36.5. The number of alkyl halides is 3. The zero-order chi connectivity index (χ0) is 30.9. The maximum absolute atomic E-state index is 13.6. The number of allylic oxidation sites excluding steroid dienone is 3. The van der Waals surface area contributed by atoms with Crippen molar-refractivity contribution in [3.05, 3.63) is 53.4 Å². The van der Waals surface area contributed by atoms with E-state index in [1.165, 1.54) is 18.1 Å². The summed E-state index contributed by atoms with van der Waals surface area (Å²) in [5, 5.41) is 9.71. The van der Waals surface area contributed by atoms with Crippen LogP contribution in [-0.2, 0) is 21.3 Å². The minimum absolute atomic E-state index is 0.0353. The molecule has 2 atom stereocenters. The predicted molar refractivity (Wildman–Crippen MR) is 149 cm³/mol. The number of ether oxygens (including phenoxy) is 1. The van der Waals surface area contributed by atoms with Crippen LogP contribution in [0.4, 0.5) is 18.9 Å². The Morgan fingerprint density at radius 3 is 2.60 bits per heavy atom. The summed E-state index contributed by atoms with van der Waals surface area (Å²) in [6, 6.07) is 3.02. The number of nitrogens with zero attached hydrogens (tertiary/aromatic N) is 4. The lowest BCUT2D eigenvalue weighted by atomic mass is 9.81. The first-order valence-electron chi connectivity index (χ1n) is 13.3. The number of benzene rings is 1. The lowest BCUT2D eigenvalue weighted by Gasteiger charge is -2.44. The summed E-state index contributed by atoms with van der Waals surface area (Å²) in [6.45, 7) is 6.93. The summed E-state index contributed by atoms with van der Waals surface area (Å²) in [6.07, 6.45) is 1.61. The topological polar surface area (TPSA) is 148 Å². The Hall–Kier alpha value is -4.36. The van der Waals surface area contributed by atoms with Gasteiger partial charge in [-0.2, -0.15) is 18.2 Å². The fraction of sp³-hybridized carbons (Fsp3) is 0.464. The highest BCUT2D eigenvalue weighted by Crippen LogP contribution is 2.38. The normalized spacial score (nSPS) is 22.6. The molecular formula is C28H34F3N7O4. The van der Waals surface area contributed by atoms with Crippen LogP contribution in [-0.4, -0.2) is 65.5 Å². The second-order valence-corrected chi connectivity index (χ2v) is 11.2. The zero-order valence-corrected chi connectivity index (χ0v) is 24.0. The first-order chi connectivity index (χ1) is 19.6. The van der Waals surface area contributed by atoms with E-state index in [0.29, 0.717) is 12.2 Å². The van der Waals surface area contributed by atoms with Crippen LogP contribution in [0.3, 0.4) is 0 Å². The van der Waals surface area contributed by atoms with Gasteiger partial charge in [-0.3, -0.25) is 19.1 Å². The molecule has 4 N–H and O–H groups in total. The Labute approximate surface area is 241 Å². The number of anilines is 1. The predicted octanol–water partition coefficient (Wildman–Crippen LogP) is 3.30. The molecule has 0 fully saturated rings. The van der Waals surface area contributed by atoms with Crippen molar-refractivity contribution in [2.75, 3.05) is 32.5 Å². The Bertz CT molecular complexity index is 1450. The number of halogens is 3. The average Bonchev–Trinajstić information content (AvgIpc) is 3.40. The van der Waals surface area contributed by atoms with E-state index in [0.717, 1.165) is 17.7 Å². The van der Waals surface area contributed by atoms with Crippen molar-refractivity contribution in [3.8, 4) is 6.08 Å². The minimum atomic E-state index is -4.65. The molecule has 0 bridgehead atoms. The second kappa shape index (κ2) is 11.5. The quantitative estimate of drug-likeness (QED) is 0.398. The summed E-state index contributed by atoms with van der Waals surface area (Å²) < 4.78 is 50.7. The van der Waals surface area contributed by atoms with Crippen molar-refractivity contribution in [3.63, 3.8) is 0 Å².